The third-order valence-electron chi connectivity index (χ3n) is 3.82. The SMILES string of the molecule is CC(CN1C(=O)CNC1c1cccc([N+](=O)[O-])c1)N(C)C. The van der Waals surface area contributed by atoms with Crippen LogP contribution in [-0.4, -0.2) is 53.9 Å². The molecule has 1 aliphatic rings. The lowest BCUT2D eigenvalue weighted by atomic mass is 10.1. The number of rotatable bonds is 5. The molecule has 0 bridgehead atoms. The Kier molecular flexibility index (Phi) is 4.54. The zero-order valence-electron chi connectivity index (χ0n) is 12.4. The van der Waals surface area contributed by atoms with E-state index in [-0.39, 0.29) is 30.3 Å². The number of nitrogens with zero attached hydrogens (tertiary/aromatic N) is 3. The van der Waals surface area contributed by atoms with E-state index in [9.17, 15) is 14.9 Å². The Balaban J connectivity index is 2.23. The van der Waals surface area contributed by atoms with Gasteiger partial charge < -0.3 is 9.80 Å². The number of likely N-dealkylation sites (N-methyl/N-ethyl adjacent to an activating group) is 1. The molecule has 0 radical (unpaired) electrons. The van der Waals surface area contributed by atoms with Crippen molar-refractivity contribution in [2.75, 3.05) is 27.2 Å². The molecule has 2 rings (SSSR count). The summed E-state index contributed by atoms with van der Waals surface area (Å²) in [5, 5.41) is 14.0. The highest BCUT2D eigenvalue weighted by Gasteiger charge is 2.33. The van der Waals surface area contributed by atoms with Crippen LogP contribution in [0.5, 0.6) is 0 Å². The standard InChI is InChI=1S/C14H20N4O3/c1-10(16(2)3)9-17-13(19)8-15-14(17)11-5-4-6-12(7-11)18(20)21/h4-7,10,14-15H,8-9H2,1-3H3. The first kappa shape index (κ1) is 15.4. The third-order valence-corrected chi connectivity index (χ3v) is 3.82. The number of benzene rings is 1. The number of non-ortho nitro benzene ring substituents is 1. The Bertz CT molecular complexity index is 547. The second-order valence-corrected chi connectivity index (χ2v) is 5.49. The number of nitrogens with one attached hydrogen (secondary N) is 1. The van der Waals surface area contributed by atoms with Crippen LogP contribution >= 0.6 is 0 Å². The fourth-order valence-electron chi connectivity index (χ4n) is 2.30. The third kappa shape index (κ3) is 3.37. The van der Waals surface area contributed by atoms with Crippen molar-refractivity contribution in [3.05, 3.63) is 39.9 Å². The molecule has 1 aromatic carbocycles. The molecule has 1 aromatic rings. The minimum absolute atomic E-state index is 0.0141. The van der Waals surface area contributed by atoms with Gasteiger partial charge in [0.15, 0.2) is 0 Å². The van der Waals surface area contributed by atoms with Crippen molar-refractivity contribution < 1.29 is 9.72 Å². The molecule has 2 atom stereocenters. The van der Waals surface area contributed by atoms with Crippen molar-refractivity contribution in [1.82, 2.24) is 15.1 Å². The minimum atomic E-state index is -0.424. The van der Waals surface area contributed by atoms with E-state index in [1.807, 2.05) is 25.9 Å². The second kappa shape index (κ2) is 6.19. The molecule has 0 spiro atoms. The molecule has 1 saturated heterocycles. The molecule has 1 amide bonds. The van der Waals surface area contributed by atoms with Gasteiger partial charge in [-0.3, -0.25) is 20.2 Å². The van der Waals surface area contributed by atoms with Gasteiger partial charge in [0.05, 0.1) is 11.5 Å². The first-order chi connectivity index (χ1) is 9.90. The summed E-state index contributed by atoms with van der Waals surface area (Å²) in [5.74, 6) is 0.0141. The van der Waals surface area contributed by atoms with E-state index in [1.54, 1.807) is 17.0 Å². The van der Waals surface area contributed by atoms with Gasteiger partial charge in [0.25, 0.3) is 5.69 Å². The van der Waals surface area contributed by atoms with E-state index in [1.165, 1.54) is 12.1 Å². The summed E-state index contributed by atoms with van der Waals surface area (Å²) in [6, 6.07) is 6.62. The van der Waals surface area contributed by atoms with Gasteiger partial charge in [0.2, 0.25) is 5.91 Å². The summed E-state index contributed by atoms with van der Waals surface area (Å²) in [6.45, 7) is 2.87. The number of amides is 1. The molecule has 0 aliphatic carbocycles. The Morgan fingerprint density at radius 1 is 1.52 bits per heavy atom. The predicted molar refractivity (Wildman–Crippen MR) is 78.7 cm³/mol. The van der Waals surface area contributed by atoms with Gasteiger partial charge in [-0.15, -0.1) is 0 Å². The average molecular weight is 292 g/mol. The molecule has 114 valence electrons. The first-order valence-electron chi connectivity index (χ1n) is 6.83. The minimum Gasteiger partial charge on any atom is -0.320 e. The van der Waals surface area contributed by atoms with Gasteiger partial charge in [0, 0.05) is 24.7 Å². The molecule has 7 heteroatoms. The topological polar surface area (TPSA) is 78.7 Å². The number of hydrogen-bond donors (Lipinski definition) is 1. The quantitative estimate of drug-likeness (QED) is 0.646. The highest BCUT2D eigenvalue weighted by atomic mass is 16.6. The Morgan fingerprint density at radius 3 is 2.86 bits per heavy atom. The van der Waals surface area contributed by atoms with Crippen molar-refractivity contribution in [2.45, 2.75) is 19.1 Å². The summed E-state index contributed by atoms with van der Waals surface area (Å²) in [6.07, 6.45) is -0.306. The van der Waals surface area contributed by atoms with Crippen LogP contribution in [0.25, 0.3) is 0 Å². The molecule has 0 aromatic heterocycles. The largest absolute Gasteiger partial charge is 0.320 e. The summed E-state index contributed by atoms with van der Waals surface area (Å²) in [7, 11) is 3.92. The first-order valence-corrected chi connectivity index (χ1v) is 6.83. The van der Waals surface area contributed by atoms with Crippen LogP contribution in [0.4, 0.5) is 5.69 Å². The van der Waals surface area contributed by atoms with E-state index in [0.717, 1.165) is 5.56 Å². The number of carbonyl (C=O) groups is 1. The van der Waals surface area contributed by atoms with Crippen LogP contribution in [-0.2, 0) is 4.79 Å². The predicted octanol–water partition coefficient (Wildman–Crippen LogP) is 0.975. The molecule has 21 heavy (non-hydrogen) atoms. The second-order valence-electron chi connectivity index (χ2n) is 5.49. The van der Waals surface area contributed by atoms with E-state index >= 15 is 0 Å². The number of carbonyl (C=O) groups excluding carboxylic acids is 1. The molecule has 0 saturated carbocycles. The van der Waals surface area contributed by atoms with Gasteiger partial charge in [0.1, 0.15) is 6.17 Å². The van der Waals surface area contributed by atoms with E-state index < -0.39 is 4.92 Å². The van der Waals surface area contributed by atoms with Crippen molar-refractivity contribution >= 4 is 11.6 Å². The van der Waals surface area contributed by atoms with Crippen LogP contribution in [0, 0.1) is 10.1 Å². The van der Waals surface area contributed by atoms with Crippen LogP contribution in [0.15, 0.2) is 24.3 Å². The maximum absolute atomic E-state index is 12.0. The van der Waals surface area contributed by atoms with Gasteiger partial charge in [-0.05, 0) is 26.6 Å². The van der Waals surface area contributed by atoms with Crippen LogP contribution in [0.3, 0.4) is 0 Å². The highest BCUT2D eigenvalue weighted by Crippen LogP contribution is 2.25. The maximum Gasteiger partial charge on any atom is 0.269 e. The van der Waals surface area contributed by atoms with Crippen LogP contribution in [0.2, 0.25) is 0 Å². The molecule has 7 nitrogen and oxygen atoms in total. The number of nitro groups is 1. The molecule has 1 aliphatic heterocycles. The molecule has 1 fully saturated rings. The lowest BCUT2D eigenvalue weighted by Crippen LogP contribution is -2.41. The lowest BCUT2D eigenvalue weighted by Gasteiger charge is -2.30. The average Bonchev–Trinajstić information content (AvgIpc) is 2.80. The molecule has 2 unspecified atom stereocenters. The van der Waals surface area contributed by atoms with Gasteiger partial charge >= 0.3 is 0 Å². The van der Waals surface area contributed by atoms with Crippen molar-refractivity contribution in [3.63, 3.8) is 0 Å². The zero-order chi connectivity index (χ0) is 15.6. The normalized spacial score (nSPS) is 20.1. The van der Waals surface area contributed by atoms with E-state index in [4.69, 9.17) is 0 Å². The number of hydrogen-bond acceptors (Lipinski definition) is 5. The Morgan fingerprint density at radius 2 is 2.24 bits per heavy atom. The summed E-state index contributed by atoms with van der Waals surface area (Å²) >= 11 is 0. The lowest BCUT2D eigenvalue weighted by molar-refractivity contribution is -0.385. The number of nitro benzene ring substituents is 1. The van der Waals surface area contributed by atoms with E-state index in [0.29, 0.717) is 6.54 Å². The maximum atomic E-state index is 12.0. The molecule has 1 N–H and O–H groups in total. The van der Waals surface area contributed by atoms with Crippen molar-refractivity contribution in [2.24, 2.45) is 0 Å². The fraction of sp³-hybridized carbons (Fsp3) is 0.500. The van der Waals surface area contributed by atoms with Gasteiger partial charge in [-0.25, -0.2) is 0 Å². The van der Waals surface area contributed by atoms with Crippen LogP contribution < -0.4 is 5.32 Å². The molecular formula is C14H20N4O3. The summed E-state index contributed by atoms with van der Waals surface area (Å²) in [5.41, 5.74) is 0.773. The fourth-order valence-corrected chi connectivity index (χ4v) is 2.30. The molecular weight excluding hydrogens is 272 g/mol. The zero-order valence-corrected chi connectivity index (χ0v) is 12.4. The van der Waals surface area contributed by atoms with E-state index in [2.05, 4.69) is 5.32 Å². The van der Waals surface area contributed by atoms with Gasteiger partial charge in [-0.2, -0.15) is 0 Å². The van der Waals surface area contributed by atoms with Crippen LogP contribution in [0.1, 0.15) is 18.7 Å². The monoisotopic (exact) mass is 292 g/mol. The van der Waals surface area contributed by atoms with Gasteiger partial charge in [-0.1, -0.05) is 12.1 Å². The Hall–Kier alpha value is -1.99. The Labute approximate surface area is 123 Å². The highest BCUT2D eigenvalue weighted by molar-refractivity contribution is 5.81. The smallest absolute Gasteiger partial charge is 0.269 e. The summed E-state index contributed by atoms with van der Waals surface area (Å²) in [4.78, 5) is 26.3. The van der Waals surface area contributed by atoms with Crippen molar-refractivity contribution in [3.8, 4) is 0 Å². The summed E-state index contributed by atoms with van der Waals surface area (Å²) < 4.78 is 0. The molecule has 1 heterocycles. The van der Waals surface area contributed by atoms with Crippen molar-refractivity contribution in [1.29, 1.82) is 0 Å².